The molecule has 0 radical (unpaired) electrons. The molecule has 5 nitrogen and oxygen atoms in total. The fourth-order valence-electron chi connectivity index (χ4n) is 3.00. The van der Waals surface area contributed by atoms with E-state index in [1.807, 2.05) is 25.8 Å². The van der Waals surface area contributed by atoms with E-state index in [0.29, 0.717) is 6.54 Å². The molecule has 110 valence electrons. The molecule has 1 amide bonds. The Morgan fingerprint density at radius 3 is 2.68 bits per heavy atom. The van der Waals surface area contributed by atoms with Crippen LogP contribution in [0, 0.1) is 0 Å². The molecule has 2 aliphatic rings. The van der Waals surface area contributed by atoms with Crippen molar-refractivity contribution in [3.05, 3.63) is 0 Å². The largest absolute Gasteiger partial charge is 0.376 e. The number of nitrogens with zero attached hydrogens (tertiary/aromatic N) is 2. The third-order valence-electron chi connectivity index (χ3n) is 4.28. The molecule has 1 unspecified atom stereocenters. The van der Waals surface area contributed by atoms with Gasteiger partial charge in [-0.1, -0.05) is 0 Å². The van der Waals surface area contributed by atoms with Crippen molar-refractivity contribution in [2.45, 2.75) is 38.3 Å². The smallest absolute Gasteiger partial charge is 0.242 e. The van der Waals surface area contributed by atoms with Gasteiger partial charge in [-0.25, -0.2) is 0 Å². The quantitative estimate of drug-likeness (QED) is 0.798. The molecule has 0 aromatic rings. The zero-order chi connectivity index (χ0) is 13.9. The SMILES string of the molecule is CN(CC1CCCO1)C(=O)C(C)(C)N1CCNCC1. The maximum atomic E-state index is 12.7. The van der Waals surface area contributed by atoms with Crippen molar-refractivity contribution in [1.29, 1.82) is 0 Å². The molecule has 2 fully saturated rings. The highest BCUT2D eigenvalue weighted by atomic mass is 16.5. The van der Waals surface area contributed by atoms with Gasteiger partial charge in [0.25, 0.3) is 0 Å². The highest BCUT2D eigenvalue weighted by Gasteiger charge is 2.37. The van der Waals surface area contributed by atoms with E-state index < -0.39 is 5.54 Å². The molecule has 2 rings (SSSR count). The molecule has 0 spiro atoms. The lowest BCUT2D eigenvalue weighted by molar-refractivity contribution is -0.143. The second kappa shape index (κ2) is 6.20. The first-order valence-electron chi connectivity index (χ1n) is 7.35. The van der Waals surface area contributed by atoms with Gasteiger partial charge in [0, 0.05) is 46.4 Å². The first-order valence-corrected chi connectivity index (χ1v) is 7.35. The molecular weight excluding hydrogens is 242 g/mol. The third kappa shape index (κ3) is 3.46. The van der Waals surface area contributed by atoms with Crippen LogP contribution in [-0.4, -0.2) is 73.7 Å². The van der Waals surface area contributed by atoms with Crippen molar-refractivity contribution in [2.75, 3.05) is 46.4 Å². The lowest BCUT2D eigenvalue weighted by atomic mass is 9.99. The van der Waals surface area contributed by atoms with Crippen LogP contribution in [0.25, 0.3) is 0 Å². The fraction of sp³-hybridized carbons (Fsp3) is 0.929. The van der Waals surface area contributed by atoms with Crippen LogP contribution >= 0.6 is 0 Å². The van der Waals surface area contributed by atoms with E-state index in [2.05, 4.69) is 10.2 Å². The summed E-state index contributed by atoms with van der Waals surface area (Å²) in [5.41, 5.74) is -0.421. The number of hydrogen-bond donors (Lipinski definition) is 1. The van der Waals surface area contributed by atoms with E-state index in [1.54, 1.807) is 0 Å². The Morgan fingerprint density at radius 2 is 2.11 bits per heavy atom. The summed E-state index contributed by atoms with van der Waals surface area (Å²) in [6.45, 7) is 9.43. The van der Waals surface area contributed by atoms with E-state index >= 15 is 0 Å². The van der Waals surface area contributed by atoms with Crippen molar-refractivity contribution in [3.8, 4) is 0 Å². The second-order valence-electron chi connectivity index (χ2n) is 6.12. The van der Waals surface area contributed by atoms with Crippen molar-refractivity contribution in [3.63, 3.8) is 0 Å². The summed E-state index contributed by atoms with van der Waals surface area (Å²) in [6.07, 6.45) is 2.42. The Hall–Kier alpha value is -0.650. The van der Waals surface area contributed by atoms with Gasteiger partial charge >= 0.3 is 0 Å². The van der Waals surface area contributed by atoms with E-state index in [4.69, 9.17) is 4.74 Å². The third-order valence-corrected chi connectivity index (χ3v) is 4.28. The van der Waals surface area contributed by atoms with E-state index in [9.17, 15) is 4.79 Å². The van der Waals surface area contributed by atoms with Crippen LogP contribution in [0.5, 0.6) is 0 Å². The van der Waals surface area contributed by atoms with E-state index in [-0.39, 0.29) is 12.0 Å². The lowest BCUT2D eigenvalue weighted by Crippen LogP contribution is -2.60. The molecule has 0 bridgehead atoms. The number of carbonyl (C=O) groups excluding carboxylic acids is 1. The molecule has 2 aliphatic heterocycles. The Kier molecular flexibility index (Phi) is 4.81. The van der Waals surface area contributed by atoms with E-state index in [1.165, 1.54) is 0 Å². The first-order chi connectivity index (χ1) is 9.01. The minimum atomic E-state index is -0.421. The highest BCUT2D eigenvalue weighted by molar-refractivity contribution is 5.85. The van der Waals surface area contributed by atoms with E-state index in [0.717, 1.165) is 45.6 Å². The molecule has 1 N–H and O–H groups in total. The summed E-state index contributed by atoms with van der Waals surface area (Å²) in [5, 5.41) is 3.33. The summed E-state index contributed by atoms with van der Waals surface area (Å²) >= 11 is 0. The Bertz CT molecular complexity index is 308. The van der Waals surface area contributed by atoms with Crippen LogP contribution in [0.2, 0.25) is 0 Å². The first kappa shape index (κ1) is 14.8. The number of rotatable bonds is 4. The van der Waals surface area contributed by atoms with Gasteiger partial charge in [-0.05, 0) is 26.7 Å². The van der Waals surface area contributed by atoms with Gasteiger partial charge in [0.2, 0.25) is 5.91 Å². The van der Waals surface area contributed by atoms with Crippen molar-refractivity contribution in [1.82, 2.24) is 15.1 Å². The van der Waals surface area contributed by atoms with Crippen LogP contribution in [-0.2, 0) is 9.53 Å². The number of ether oxygens (including phenoxy) is 1. The molecule has 2 heterocycles. The topological polar surface area (TPSA) is 44.8 Å². The summed E-state index contributed by atoms with van der Waals surface area (Å²) < 4.78 is 5.61. The van der Waals surface area contributed by atoms with Crippen LogP contribution in [0.3, 0.4) is 0 Å². The highest BCUT2D eigenvalue weighted by Crippen LogP contribution is 2.20. The predicted octanol–water partition coefficient (Wildman–Crippen LogP) is 0.308. The molecule has 0 saturated carbocycles. The van der Waals surface area contributed by atoms with Crippen molar-refractivity contribution >= 4 is 5.91 Å². The minimum Gasteiger partial charge on any atom is -0.376 e. The second-order valence-corrected chi connectivity index (χ2v) is 6.12. The minimum absolute atomic E-state index is 0.199. The van der Waals surface area contributed by atoms with Gasteiger partial charge in [-0.2, -0.15) is 0 Å². The lowest BCUT2D eigenvalue weighted by Gasteiger charge is -2.42. The summed E-state index contributed by atoms with van der Waals surface area (Å²) in [6, 6.07) is 0. The number of likely N-dealkylation sites (N-methyl/N-ethyl adjacent to an activating group) is 1. The van der Waals surface area contributed by atoms with Gasteiger partial charge in [0.15, 0.2) is 0 Å². The maximum Gasteiger partial charge on any atom is 0.242 e. The monoisotopic (exact) mass is 269 g/mol. The fourth-order valence-corrected chi connectivity index (χ4v) is 3.00. The Labute approximate surface area is 116 Å². The van der Waals surface area contributed by atoms with Gasteiger partial charge in [0.1, 0.15) is 0 Å². The number of amides is 1. The standard InChI is InChI=1S/C14H27N3O2/c1-14(2,17-8-6-15-7-9-17)13(18)16(3)11-12-5-4-10-19-12/h12,15H,4-11H2,1-3H3. The molecule has 1 atom stereocenters. The normalized spacial score (nSPS) is 25.5. The Balaban J connectivity index is 1.91. The van der Waals surface area contributed by atoms with Crippen LogP contribution in [0.1, 0.15) is 26.7 Å². The number of carbonyl (C=O) groups is 1. The molecular formula is C14H27N3O2. The predicted molar refractivity (Wildman–Crippen MR) is 75.1 cm³/mol. The van der Waals surface area contributed by atoms with Crippen LogP contribution in [0.15, 0.2) is 0 Å². The summed E-state index contributed by atoms with van der Waals surface area (Å²) in [4.78, 5) is 16.8. The van der Waals surface area contributed by atoms with Crippen molar-refractivity contribution in [2.24, 2.45) is 0 Å². The molecule has 5 heteroatoms. The van der Waals surface area contributed by atoms with Gasteiger partial charge in [-0.3, -0.25) is 9.69 Å². The number of piperazine rings is 1. The van der Waals surface area contributed by atoms with Gasteiger partial charge in [-0.15, -0.1) is 0 Å². The molecule has 0 aromatic heterocycles. The van der Waals surface area contributed by atoms with Crippen LogP contribution in [0.4, 0.5) is 0 Å². The zero-order valence-electron chi connectivity index (χ0n) is 12.4. The summed E-state index contributed by atoms with van der Waals surface area (Å²) in [7, 11) is 1.90. The number of hydrogen-bond acceptors (Lipinski definition) is 4. The van der Waals surface area contributed by atoms with Crippen LogP contribution < -0.4 is 5.32 Å². The average molecular weight is 269 g/mol. The van der Waals surface area contributed by atoms with Gasteiger partial charge < -0.3 is 15.0 Å². The maximum absolute atomic E-state index is 12.7. The van der Waals surface area contributed by atoms with Crippen molar-refractivity contribution < 1.29 is 9.53 Å². The summed E-state index contributed by atoms with van der Waals surface area (Å²) in [5.74, 6) is 0.199. The molecule has 0 aromatic carbocycles. The number of nitrogens with one attached hydrogen (secondary N) is 1. The average Bonchev–Trinajstić information content (AvgIpc) is 2.91. The molecule has 2 saturated heterocycles. The molecule has 0 aliphatic carbocycles. The Morgan fingerprint density at radius 1 is 1.42 bits per heavy atom. The van der Waals surface area contributed by atoms with Gasteiger partial charge in [0.05, 0.1) is 11.6 Å². The molecule has 19 heavy (non-hydrogen) atoms. The zero-order valence-corrected chi connectivity index (χ0v) is 12.4.